The maximum Gasteiger partial charge on any atom is 0.224 e. The van der Waals surface area contributed by atoms with Gasteiger partial charge in [-0.3, -0.25) is 4.79 Å². The number of hydrogen-bond donors (Lipinski definition) is 2. The molecule has 1 saturated heterocycles. The number of anilines is 1. The lowest BCUT2D eigenvalue weighted by molar-refractivity contribution is -0.121. The first-order valence-corrected chi connectivity index (χ1v) is 9.64. The molecule has 1 fully saturated rings. The van der Waals surface area contributed by atoms with E-state index in [0.717, 1.165) is 16.8 Å². The van der Waals surface area contributed by atoms with Crippen LogP contribution >= 0.6 is 0 Å². The lowest BCUT2D eigenvalue weighted by atomic mass is 10.0. The SMILES string of the molecule is C=C1NC(=O)CCC1N1Cc2c(OCc3cccc(NC)c3F)cccc2C1=C. The molecule has 2 heterocycles. The number of nitrogens with one attached hydrogen (secondary N) is 2. The number of carbonyl (C=O) groups is 1. The summed E-state index contributed by atoms with van der Waals surface area (Å²) in [5, 5.41) is 5.68. The number of halogens is 1. The largest absolute Gasteiger partial charge is 0.488 e. The molecule has 2 aliphatic rings. The average Bonchev–Trinajstić information content (AvgIpc) is 3.04. The van der Waals surface area contributed by atoms with Gasteiger partial charge in [-0.25, -0.2) is 4.39 Å². The molecule has 2 N–H and O–H groups in total. The van der Waals surface area contributed by atoms with Gasteiger partial charge in [0.25, 0.3) is 0 Å². The maximum atomic E-state index is 14.5. The summed E-state index contributed by atoms with van der Waals surface area (Å²) in [4.78, 5) is 13.8. The lowest BCUT2D eigenvalue weighted by Gasteiger charge is -2.34. The Kier molecular flexibility index (Phi) is 5.01. The molecule has 29 heavy (non-hydrogen) atoms. The van der Waals surface area contributed by atoms with Gasteiger partial charge >= 0.3 is 0 Å². The van der Waals surface area contributed by atoms with E-state index >= 15 is 0 Å². The van der Waals surface area contributed by atoms with Crippen molar-refractivity contribution in [1.82, 2.24) is 10.2 Å². The molecule has 1 atom stereocenters. The van der Waals surface area contributed by atoms with Crippen LogP contribution in [-0.4, -0.2) is 23.9 Å². The average molecular weight is 393 g/mol. The number of ether oxygens (including phenoxy) is 1. The third kappa shape index (κ3) is 3.46. The van der Waals surface area contributed by atoms with Gasteiger partial charge in [0.2, 0.25) is 5.91 Å². The zero-order valence-electron chi connectivity index (χ0n) is 16.4. The highest BCUT2D eigenvalue weighted by molar-refractivity contribution is 5.80. The van der Waals surface area contributed by atoms with Crippen molar-refractivity contribution in [2.45, 2.75) is 32.0 Å². The minimum Gasteiger partial charge on any atom is -0.488 e. The molecule has 2 aliphatic heterocycles. The zero-order chi connectivity index (χ0) is 20.5. The quantitative estimate of drug-likeness (QED) is 0.806. The molecule has 0 aromatic heterocycles. The summed E-state index contributed by atoms with van der Waals surface area (Å²) in [6, 6.07) is 11.0. The smallest absolute Gasteiger partial charge is 0.224 e. The minimum atomic E-state index is -0.303. The van der Waals surface area contributed by atoms with Crippen molar-refractivity contribution >= 4 is 17.3 Å². The summed E-state index contributed by atoms with van der Waals surface area (Å²) in [7, 11) is 1.69. The summed E-state index contributed by atoms with van der Waals surface area (Å²) in [6.07, 6.45) is 1.17. The number of fused-ring (bicyclic) bond motifs is 1. The van der Waals surface area contributed by atoms with Crippen LogP contribution in [0.4, 0.5) is 10.1 Å². The maximum absolute atomic E-state index is 14.5. The second kappa shape index (κ2) is 7.62. The molecule has 2 aromatic carbocycles. The van der Waals surface area contributed by atoms with Gasteiger partial charge in [0.05, 0.1) is 11.7 Å². The van der Waals surface area contributed by atoms with Crippen molar-refractivity contribution in [3.8, 4) is 5.75 Å². The van der Waals surface area contributed by atoms with Crippen molar-refractivity contribution < 1.29 is 13.9 Å². The van der Waals surface area contributed by atoms with Gasteiger partial charge in [-0.2, -0.15) is 0 Å². The summed E-state index contributed by atoms with van der Waals surface area (Å²) >= 11 is 0. The molecule has 4 rings (SSSR count). The van der Waals surface area contributed by atoms with Crippen LogP contribution in [-0.2, 0) is 17.9 Å². The van der Waals surface area contributed by atoms with E-state index in [9.17, 15) is 9.18 Å². The van der Waals surface area contributed by atoms with E-state index in [2.05, 4.69) is 28.7 Å². The van der Waals surface area contributed by atoms with Gasteiger partial charge in [-0.15, -0.1) is 0 Å². The fraction of sp³-hybridized carbons (Fsp3) is 0.261. The summed E-state index contributed by atoms with van der Waals surface area (Å²) in [6.45, 7) is 9.02. The van der Waals surface area contributed by atoms with Crippen LogP contribution in [0, 0.1) is 5.82 Å². The second-order valence-corrected chi connectivity index (χ2v) is 7.30. The van der Waals surface area contributed by atoms with Crippen LogP contribution in [0.1, 0.15) is 29.5 Å². The third-order valence-corrected chi connectivity index (χ3v) is 5.57. The molecule has 0 saturated carbocycles. The van der Waals surface area contributed by atoms with Gasteiger partial charge < -0.3 is 20.3 Å². The highest BCUT2D eigenvalue weighted by atomic mass is 19.1. The Morgan fingerprint density at radius 3 is 2.83 bits per heavy atom. The van der Waals surface area contributed by atoms with Gasteiger partial charge in [-0.05, 0) is 18.6 Å². The number of amides is 1. The van der Waals surface area contributed by atoms with E-state index in [-0.39, 0.29) is 24.4 Å². The van der Waals surface area contributed by atoms with E-state index in [4.69, 9.17) is 4.74 Å². The Bertz CT molecular complexity index is 1000. The Morgan fingerprint density at radius 2 is 2.07 bits per heavy atom. The monoisotopic (exact) mass is 393 g/mol. The predicted octanol–water partition coefficient (Wildman–Crippen LogP) is 4.03. The number of piperidine rings is 1. The van der Waals surface area contributed by atoms with E-state index in [1.54, 1.807) is 25.2 Å². The van der Waals surface area contributed by atoms with Gasteiger partial charge in [0.15, 0.2) is 5.82 Å². The van der Waals surface area contributed by atoms with E-state index in [1.165, 1.54) is 0 Å². The van der Waals surface area contributed by atoms with Crippen LogP contribution < -0.4 is 15.4 Å². The molecule has 0 aliphatic carbocycles. The van der Waals surface area contributed by atoms with Crippen molar-refractivity contribution in [1.29, 1.82) is 0 Å². The van der Waals surface area contributed by atoms with E-state index < -0.39 is 0 Å². The highest BCUT2D eigenvalue weighted by Crippen LogP contribution is 2.40. The molecule has 0 spiro atoms. The highest BCUT2D eigenvalue weighted by Gasteiger charge is 2.34. The molecule has 2 aromatic rings. The molecule has 1 unspecified atom stereocenters. The van der Waals surface area contributed by atoms with E-state index in [0.29, 0.717) is 42.1 Å². The van der Waals surface area contributed by atoms with Gasteiger partial charge in [-0.1, -0.05) is 37.4 Å². The number of benzene rings is 2. The topological polar surface area (TPSA) is 53.6 Å². The molecule has 0 radical (unpaired) electrons. The fourth-order valence-electron chi connectivity index (χ4n) is 4.00. The van der Waals surface area contributed by atoms with Crippen molar-refractivity contribution in [3.05, 3.63) is 77.8 Å². The van der Waals surface area contributed by atoms with Gasteiger partial charge in [0, 0.05) is 48.1 Å². The van der Waals surface area contributed by atoms with Gasteiger partial charge in [0.1, 0.15) is 12.4 Å². The normalized spacial score (nSPS) is 18.5. The minimum absolute atomic E-state index is 0.00317. The molecule has 6 heteroatoms. The van der Waals surface area contributed by atoms with Crippen molar-refractivity contribution in [2.75, 3.05) is 12.4 Å². The molecule has 1 amide bonds. The first-order valence-electron chi connectivity index (χ1n) is 9.64. The molecular weight excluding hydrogens is 369 g/mol. The molecular formula is C23H24FN3O2. The third-order valence-electron chi connectivity index (χ3n) is 5.57. The van der Waals surface area contributed by atoms with Crippen molar-refractivity contribution in [2.24, 2.45) is 0 Å². The Balaban J connectivity index is 1.54. The molecule has 150 valence electrons. The van der Waals surface area contributed by atoms with Crippen molar-refractivity contribution in [3.63, 3.8) is 0 Å². The van der Waals surface area contributed by atoms with Crippen LogP contribution in [0.15, 0.2) is 55.3 Å². The van der Waals surface area contributed by atoms with E-state index in [1.807, 2.05) is 18.2 Å². The zero-order valence-corrected chi connectivity index (χ0v) is 16.4. The first kappa shape index (κ1) is 19.1. The summed E-state index contributed by atoms with van der Waals surface area (Å²) in [5.41, 5.74) is 4.55. The van der Waals surface area contributed by atoms with Crippen LogP contribution in [0.3, 0.4) is 0 Å². The molecule has 0 bridgehead atoms. The fourth-order valence-corrected chi connectivity index (χ4v) is 4.00. The van der Waals surface area contributed by atoms with Crippen LogP contribution in [0.25, 0.3) is 5.70 Å². The summed E-state index contributed by atoms with van der Waals surface area (Å²) < 4.78 is 20.5. The summed E-state index contributed by atoms with van der Waals surface area (Å²) in [5.74, 6) is 0.414. The number of carbonyl (C=O) groups excluding carboxylic acids is 1. The predicted molar refractivity (Wildman–Crippen MR) is 112 cm³/mol. The Morgan fingerprint density at radius 1 is 1.28 bits per heavy atom. The lowest BCUT2D eigenvalue weighted by Crippen LogP contribution is -2.43. The number of rotatable bonds is 5. The molecule has 5 nitrogen and oxygen atoms in total. The first-order chi connectivity index (χ1) is 14.0. The number of nitrogens with zero attached hydrogens (tertiary/aromatic N) is 1. The Hall–Kier alpha value is -3.28. The second-order valence-electron chi connectivity index (χ2n) is 7.30. The van der Waals surface area contributed by atoms with Crippen LogP contribution in [0.2, 0.25) is 0 Å². The van der Waals surface area contributed by atoms with Crippen LogP contribution in [0.5, 0.6) is 5.75 Å². The number of hydrogen-bond acceptors (Lipinski definition) is 4. The standard InChI is InChI=1S/C23H24FN3O2/c1-14-20(10-11-22(28)26-14)27-12-18-17(15(27)2)7-5-9-21(18)29-13-16-6-4-8-19(25-3)23(16)24/h4-9,20,25H,1-2,10-13H2,3H3,(H,26,28). The Labute approximate surface area is 169 Å².